The Labute approximate surface area is 105 Å². The molecule has 0 amide bonds. The van der Waals surface area contributed by atoms with Gasteiger partial charge in [0.15, 0.2) is 9.84 Å². The van der Waals surface area contributed by atoms with Gasteiger partial charge in [-0.25, -0.2) is 8.42 Å². The van der Waals surface area contributed by atoms with Gasteiger partial charge in [-0.2, -0.15) is 0 Å². The van der Waals surface area contributed by atoms with Crippen molar-refractivity contribution in [2.24, 2.45) is 0 Å². The minimum Gasteiger partial charge on any atom is -0.314 e. The van der Waals surface area contributed by atoms with Crippen molar-refractivity contribution in [2.45, 2.75) is 58.2 Å². The molecule has 0 heterocycles. The second kappa shape index (κ2) is 6.50. The van der Waals surface area contributed by atoms with E-state index in [4.69, 9.17) is 0 Å². The molecule has 0 aromatic heterocycles. The summed E-state index contributed by atoms with van der Waals surface area (Å²) in [5.41, 5.74) is 0. The van der Waals surface area contributed by atoms with Crippen LogP contribution in [0.25, 0.3) is 0 Å². The van der Waals surface area contributed by atoms with Crippen LogP contribution in [0.1, 0.15) is 47.5 Å². The average molecular weight is 263 g/mol. The van der Waals surface area contributed by atoms with E-state index < -0.39 is 14.6 Å². The number of Topliss-reactive ketones (excluding diaryl/α,β-unsaturated/α-hetero) is 1. The van der Waals surface area contributed by atoms with E-state index in [-0.39, 0.29) is 24.0 Å². The highest BCUT2D eigenvalue weighted by Crippen LogP contribution is 2.17. The summed E-state index contributed by atoms with van der Waals surface area (Å²) in [7, 11) is -3.18. The molecular formula is C12H25NO3S. The fourth-order valence-corrected chi connectivity index (χ4v) is 2.53. The van der Waals surface area contributed by atoms with Crippen LogP contribution in [0.5, 0.6) is 0 Å². The van der Waals surface area contributed by atoms with Gasteiger partial charge in [-0.05, 0) is 34.2 Å². The molecule has 1 atom stereocenters. The van der Waals surface area contributed by atoms with Gasteiger partial charge in [-0.15, -0.1) is 0 Å². The van der Waals surface area contributed by atoms with Crippen LogP contribution >= 0.6 is 0 Å². The Bertz CT molecular complexity index is 341. The molecule has 1 unspecified atom stereocenters. The predicted molar refractivity (Wildman–Crippen MR) is 70.9 cm³/mol. The number of carbonyl (C=O) groups excluding carboxylic acids is 1. The second-order valence-electron chi connectivity index (χ2n) is 5.38. The first kappa shape index (κ1) is 16.6. The maximum absolute atomic E-state index is 11.8. The first-order valence-electron chi connectivity index (χ1n) is 6.07. The number of hydrogen-bond acceptors (Lipinski definition) is 4. The summed E-state index contributed by atoms with van der Waals surface area (Å²) in [5, 5.41) is 3.13. The van der Waals surface area contributed by atoms with Crippen molar-refractivity contribution in [2.75, 3.05) is 12.3 Å². The molecule has 4 nitrogen and oxygen atoms in total. The van der Waals surface area contributed by atoms with E-state index in [0.29, 0.717) is 6.42 Å². The molecule has 17 heavy (non-hydrogen) atoms. The van der Waals surface area contributed by atoms with Crippen molar-refractivity contribution in [1.82, 2.24) is 5.32 Å². The van der Waals surface area contributed by atoms with Crippen molar-refractivity contribution in [3.8, 4) is 0 Å². The van der Waals surface area contributed by atoms with E-state index in [2.05, 4.69) is 5.32 Å². The van der Waals surface area contributed by atoms with E-state index >= 15 is 0 Å². The monoisotopic (exact) mass is 263 g/mol. The average Bonchev–Trinajstić information content (AvgIpc) is 2.13. The van der Waals surface area contributed by atoms with Gasteiger partial charge in [0.2, 0.25) is 0 Å². The van der Waals surface area contributed by atoms with Gasteiger partial charge in [0.25, 0.3) is 0 Å². The topological polar surface area (TPSA) is 63.2 Å². The van der Waals surface area contributed by atoms with Crippen LogP contribution < -0.4 is 5.32 Å². The molecule has 5 heteroatoms. The van der Waals surface area contributed by atoms with Gasteiger partial charge >= 0.3 is 0 Å². The van der Waals surface area contributed by atoms with Crippen molar-refractivity contribution in [3.63, 3.8) is 0 Å². The lowest BCUT2D eigenvalue weighted by molar-refractivity contribution is -0.119. The summed E-state index contributed by atoms with van der Waals surface area (Å²) in [4.78, 5) is 11.6. The Kier molecular flexibility index (Phi) is 6.34. The zero-order valence-electron chi connectivity index (χ0n) is 11.5. The third-order valence-electron chi connectivity index (χ3n) is 2.67. The first-order valence-corrected chi connectivity index (χ1v) is 7.72. The molecule has 0 spiro atoms. The quantitative estimate of drug-likeness (QED) is 0.757. The second-order valence-corrected chi connectivity index (χ2v) is 8.25. The van der Waals surface area contributed by atoms with Gasteiger partial charge in [0, 0.05) is 18.9 Å². The van der Waals surface area contributed by atoms with Crippen LogP contribution in [0.4, 0.5) is 0 Å². The number of ketones is 1. The number of sulfone groups is 1. The highest BCUT2D eigenvalue weighted by Gasteiger charge is 2.29. The molecule has 0 aliphatic carbocycles. The molecule has 1 N–H and O–H groups in total. The molecule has 0 aromatic carbocycles. The highest BCUT2D eigenvalue weighted by atomic mass is 32.2. The van der Waals surface area contributed by atoms with Crippen molar-refractivity contribution >= 4 is 15.6 Å². The molecule has 0 aromatic rings. The lowest BCUT2D eigenvalue weighted by atomic mass is 10.1. The fraction of sp³-hybridized carbons (Fsp3) is 0.917. The van der Waals surface area contributed by atoms with Gasteiger partial charge < -0.3 is 5.32 Å². The number of nitrogens with one attached hydrogen (secondary N) is 1. The third-order valence-corrected chi connectivity index (χ3v) is 5.28. The van der Waals surface area contributed by atoms with Crippen LogP contribution in [0.3, 0.4) is 0 Å². The largest absolute Gasteiger partial charge is 0.314 e. The Morgan fingerprint density at radius 1 is 1.29 bits per heavy atom. The Hall–Kier alpha value is -0.420. The normalized spacial score (nSPS) is 14.6. The summed E-state index contributed by atoms with van der Waals surface area (Å²) in [5.74, 6) is -0.0416. The standard InChI is InChI=1S/C12H25NO3S/c1-6-13-10(2)9-11(14)7-8-17(15,16)12(3,4)5/h10,13H,6-9H2,1-5H3. The Morgan fingerprint density at radius 3 is 2.24 bits per heavy atom. The summed E-state index contributed by atoms with van der Waals surface area (Å²) >= 11 is 0. The maximum Gasteiger partial charge on any atom is 0.155 e. The SMILES string of the molecule is CCNC(C)CC(=O)CCS(=O)(=O)C(C)(C)C. The third kappa shape index (κ3) is 6.17. The van der Waals surface area contributed by atoms with E-state index in [0.717, 1.165) is 6.54 Å². The number of hydrogen-bond donors (Lipinski definition) is 1. The molecule has 0 aliphatic rings. The minimum atomic E-state index is -3.18. The zero-order valence-corrected chi connectivity index (χ0v) is 12.4. The van der Waals surface area contributed by atoms with E-state index in [1.807, 2.05) is 13.8 Å². The van der Waals surface area contributed by atoms with E-state index in [9.17, 15) is 13.2 Å². The minimum absolute atomic E-state index is 0.00581. The summed E-state index contributed by atoms with van der Waals surface area (Å²) in [6.45, 7) is 9.70. The summed E-state index contributed by atoms with van der Waals surface area (Å²) in [6.07, 6.45) is 0.517. The van der Waals surface area contributed by atoms with Crippen LogP contribution in [0, 0.1) is 0 Å². The Balaban J connectivity index is 4.18. The lowest BCUT2D eigenvalue weighted by Crippen LogP contribution is -2.32. The smallest absolute Gasteiger partial charge is 0.155 e. The fourth-order valence-electron chi connectivity index (χ4n) is 1.42. The molecule has 0 radical (unpaired) electrons. The molecule has 102 valence electrons. The molecule has 0 bridgehead atoms. The van der Waals surface area contributed by atoms with Crippen molar-refractivity contribution in [3.05, 3.63) is 0 Å². The van der Waals surface area contributed by atoms with Crippen LogP contribution in [-0.4, -0.2) is 37.3 Å². The van der Waals surface area contributed by atoms with Gasteiger partial charge in [0.1, 0.15) is 5.78 Å². The maximum atomic E-state index is 11.8. The lowest BCUT2D eigenvalue weighted by Gasteiger charge is -2.19. The number of carbonyl (C=O) groups is 1. The van der Waals surface area contributed by atoms with Gasteiger partial charge in [-0.3, -0.25) is 4.79 Å². The summed E-state index contributed by atoms with van der Waals surface area (Å²) < 4.78 is 22.8. The molecule has 0 saturated heterocycles. The van der Waals surface area contributed by atoms with Gasteiger partial charge in [-0.1, -0.05) is 6.92 Å². The molecule has 0 fully saturated rings. The molecule has 0 saturated carbocycles. The van der Waals surface area contributed by atoms with Crippen molar-refractivity contribution in [1.29, 1.82) is 0 Å². The zero-order chi connectivity index (χ0) is 13.7. The van der Waals surface area contributed by atoms with E-state index in [1.54, 1.807) is 20.8 Å². The number of rotatable bonds is 7. The summed E-state index contributed by atoms with van der Waals surface area (Å²) in [6, 6.07) is 0.116. The van der Waals surface area contributed by atoms with Gasteiger partial charge in [0.05, 0.1) is 10.5 Å². The van der Waals surface area contributed by atoms with Crippen LogP contribution in [-0.2, 0) is 14.6 Å². The van der Waals surface area contributed by atoms with Crippen molar-refractivity contribution < 1.29 is 13.2 Å². The van der Waals surface area contributed by atoms with Crippen LogP contribution in [0.2, 0.25) is 0 Å². The van der Waals surface area contributed by atoms with Crippen LogP contribution in [0.15, 0.2) is 0 Å². The highest BCUT2D eigenvalue weighted by molar-refractivity contribution is 7.92. The van der Waals surface area contributed by atoms with E-state index in [1.165, 1.54) is 0 Å². The molecule has 0 rings (SSSR count). The molecule has 0 aliphatic heterocycles. The predicted octanol–water partition coefficient (Wildman–Crippen LogP) is 1.55. The first-order chi connectivity index (χ1) is 7.60. The molecular weight excluding hydrogens is 238 g/mol. The Morgan fingerprint density at radius 2 is 1.82 bits per heavy atom.